The smallest absolute Gasteiger partial charge is 0.237 e. The lowest BCUT2D eigenvalue weighted by Crippen LogP contribution is -2.47. The van der Waals surface area contributed by atoms with E-state index in [4.69, 9.17) is 0 Å². The summed E-state index contributed by atoms with van der Waals surface area (Å²) in [5.74, 6) is 0.107. The minimum Gasteiger partial charge on any atom is -0.352 e. The van der Waals surface area contributed by atoms with Crippen LogP contribution in [-0.2, 0) is 4.79 Å². The van der Waals surface area contributed by atoms with Crippen molar-refractivity contribution in [3.05, 3.63) is 0 Å². The van der Waals surface area contributed by atoms with Gasteiger partial charge in [-0.15, -0.1) is 0 Å². The number of amides is 1. The minimum absolute atomic E-state index is 0.107. The highest BCUT2D eigenvalue weighted by Gasteiger charge is 2.15. The molecule has 0 saturated heterocycles. The predicted molar refractivity (Wildman–Crippen MR) is 77.7 cm³/mol. The van der Waals surface area contributed by atoms with Gasteiger partial charge in [-0.05, 0) is 40.7 Å². The van der Waals surface area contributed by atoms with E-state index >= 15 is 0 Å². The number of hydrogen-bond acceptors (Lipinski definition) is 3. The Morgan fingerprint density at radius 3 is 2.17 bits per heavy atom. The summed E-state index contributed by atoms with van der Waals surface area (Å²) >= 11 is 0. The summed E-state index contributed by atoms with van der Waals surface area (Å²) in [4.78, 5) is 14.2. The minimum atomic E-state index is -0.119. The standard InChI is InChI=1S/C14H31N3O/c1-7-13(8-2)16-14(18)12(5)15-9-10-17(6)11(3)4/h11-13,15H,7-10H2,1-6H3,(H,16,18). The van der Waals surface area contributed by atoms with E-state index in [1.165, 1.54) is 0 Å². The van der Waals surface area contributed by atoms with Crippen molar-refractivity contribution < 1.29 is 4.79 Å². The number of rotatable bonds is 9. The second kappa shape index (κ2) is 9.34. The Kier molecular flexibility index (Phi) is 9.02. The lowest BCUT2D eigenvalue weighted by molar-refractivity contribution is -0.123. The molecule has 0 fully saturated rings. The maximum atomic E-state index is 11.9. The van der Waals surface area contributed by atoms with Gasteiger partial charge in [0, 0.05) is 25.2 Å². The fourth-order valence-corrected chi connectivity index (χ4v) is 1.63. The molecule has 0 bridgehead atoms. The molecular weight excluding hydrogens is 226 g/mol. The molecule has 108 valence electrons. The van der Waals surface area contributed by atoms with Crippen LogP contribution in [0.2, 0.25) is 0 Å². The number of likely N-dealkylation sites (N-methyl/N-ethyl adjacent to an activating group) is 1. The van der Waals surface area contributed by atoms with Gasteiger partial charge in [-0.1, -0.05) is 13.8 Å². The van der Waals surface area contributed by atoms with Crippen LogP contribution >= 0.6 is 0 Å². The average Bonchev–Trinajstić information content (AvgIpc) is 2.34. The van der Waals surface area contributed by atoms with E-state index in [0.717, 1.165) is 25.9 Å². The van der Waals surface area contributed by atoms with Gasteiger partial charge in [-0.3, -0.25) is 4.79 Å². The van der Waals surface area contributed by atoms with Crippen LogP contribution in [0.1, 0.15) is 47.5 Å². The van der Waals surface area contributed by atoms with Crippen LogP contribution in [-0.4, -0.2) is 49.1 Å². The summed E-state index contributed by atoms with van der Waals surface area (Å²) in [6.07, 6.45) is 1.98. The first-order valence-electron chi connectivity index (χ1n) is 7.16. The zero-order valence-corrected chi connectivity index (χ0v) is 12.9. The molecule has 4 nitrogen and oxygen atoms in total. The summed E-state index contributed by atoms with van der Waals surface area (Å²) < 4.78 is 0. The van der Waals surface area contributed by atoms with Gasteiger partial charge in [0.15, 0.2) is 0 Å². The van der Waals surface area contributed by atoms with Gasteiger partial charge >= 0.3 is 0 Å². The highest BCUT2D eigenvalue weighted by molar-refractivity contribution is 5.81. The third kappa shape index (κ3) is 6.97. The molecule has 4 heteroatoms. The molecule has 0 aliphatic heterocycles. The van der Waals surface area contributed by atoms with Crippen molar-refractivity contribution in [3.8, 4) is 0 Å². The van der Waals surface area contributed by atoms with Crippen molar-refractivity contribution in [1.82, 2.24) is 15.5 Å². The van der Waals surface area contributed by atoms with E-state index in [-0.39, 0.29) is 11.9 Å². The van der Waals surface area contributed by atoms with Crippen molar-refractivity contribution in [2.24, 2.45) is 0 Å². The number of nitrogens with one attached hydrogen (secondary N) is 2. The first-order valence-corrected chi connectivity index (χ1v) is 7.16. The van der Waals surface area contributed by atoms with Crippen molar-refractivity contribution in [1.29, 1.82) is 0 Å². The Morgan fingerprint density at radius 2 is 1.72 bits per heavy atom. The third-order valence-electron chi connectivity index (χ3n) is 3.52. The zero-order valence-electron chi connectivity index (χ0n) is 12.9. The van der Waals surface area contributed by atoms with E-state index in [0.29, 0.717) is 12.1 Å². The van der Waals surface area contributed by atoms with E-state index in [1.54, 1.807) is 0 Å². The van der Waals surface area contributed by atoms with E-state index < -0.39 is 0 Å². The quantitative estimate of drug-likeness (QED) is 0.659. The van der Waals surface area contributed by atoms with Crippen LogP contribution in [0.4, 0.5) is 0 Å². The maximum absolute atomic E-state index is 11.9. The molecule has 0 spiro atoms. The van der Waals surface area contributed by atoms with Crippen LogP contribution in [0.25, 0.3) is 0 Å². The third-order valence-corrected chi connectivity index (χ3v) is 3.52. The number of hydrogen-bond donors (Lipinski definition) is 2. The molecule has 2 N–H and O–H groups in total. The molecule has 1 amide bonds. The molecule has 18 heavy (non-hydrogen) atoms. The van der Waals surface area contributed by atoms with Crippen molar-refractivity contribution in [3.63, 3.8) is 0 Å². The van der Waals surface area contributed by atoms with E-state index in [2.05, 4.69) is 50.3 Å². The molecule has 0 aromatic heterocycles. The van der Waals surface area contributed by atoms with Crippen LogP contribution in [0, 0.1) is 0 Å². The Bertz CT molecular complexity index is 227. The van der Waals surface area contributed by atoms with E-state index in [9.17, 15) is 4.79 Å². The summed E-state index contributed by atoms with van der Waals surface area (Å²) in [5, 5.41) is 6.33. The normalized spacial score (nSPS) is 13.4. The topological polar surface area (TPSA) is 44.4 Å². The van der Waals surface area contributed by atoms with Crippen LogP contribution in [0.5, 0.6) is 0 Å². The van der Waals surface area contributed by atoms with Gasteiger partial charge in [0.2, 0.25) is 5.91 Å². The average molecular weight is 257 g/mol. The second-order valence-corrected chi connectivity index (χ2v) is 5.27. The fourth-order valence-electron chi connectivity index (χ4n) is 1.63. The summed E-state index contributed by atoms with van der Waals surface area (Å²) in [7, 11) is 2.10. The monoisotopic (exact) mass is 257 g/mol. The van der Waals surface area contributed by atoms with Crippen molar-refractivity contribution in [2.75, 3.05) is 20.1 Å². The summed E-state index contributed by atoms with van der Waals surface area (Å²) in [6.45, 7) is 12.3. The number of carbonyl (C=O) groups is 1. The molecule has 0 aromatic rings. The molecule has 1 unspecified atom stereocenters. The highest BCUT2D eigenvalue weighted by atomic mass is 16.2. The Labute approximate surface area is 113 Å². The van der Waals surface area contributed by atoms with E-state index in [1.807, 2.05) is 6.92 Å². The lowest BCUT2D eigenvalue weighted by atomic mass is 10.1. The van der Waals surface area contributed by atoms with Gasteiger partial charge in [0.05, 0.1) is 6.04 Å². The SMILES string of the molecule is CCC(CC)NC(=O)C(C)NCCN(C)C(C)C. The van der Waals surface area contributed by atoms with Gasteiger partial charge in [0.25, 0.3) is 0 Å². The molecule has 0 aromatic carbocycles. The molecule has 0 saturated carbocycles. The largest absolute Gasteiger partial charge is 0.352 e. The molecule has 0 radical (unpaired) electrons. The second-order valence-electron chi connectivity index (χ2n) is 5.27. The molecule has 1 atom stereocenters. The van der Waals surface area contributed by atoms with Crippen LogP contribution in [0.15, 0.2) is 0 Å². The number of nitrogens with zero attached hydrogens (tertiary/aromatic N) is 1. The molecule has 0 aliphatic rings. The zero-order chi connectivity index (χ0) is 14.1. The molecule has 0 rings (SSSR count). The maximum Gasteiger partial charge on any atom is 0.237 e. The Morgan fingerprint density at radius 1 is 1.17 bits per heavy atom. The highest BCUT2D eigenvalue weighted by Crippen LogP contribution is 1.97. The first kappa shape index (κ1) is 17.4. The first-order chi connectivity index (χ1) is 8.42. The van der Waals surface area contributed by atoms with Crippen LogP contribution in [0.3, 0.4) is 0 Å². The summed E-state index contributed by atoms with van der Waals surface area (Å²) in [6, 6.07) is 0.728. The molecular formula is C14H31N3O. The lowest BCUT2D eigenvalue weighted by Gasteiger charge is -2.23. The Hall–Kier alpha value is -0.610. The number of carbonyl (C=O) groups excluding carboxylic acids is 1. The molecule has 0 aliphatic carbocycles. The van der Waals surface area contributed by atoms with Gasteiger partial charge < -0.3 is 15.5 Å². The predicted octanol–water partition coefficient (Wildman–Crippen LogP) is 1.61. The van der Waals surface area contributed by atoms with Crippen molar-refractivity contribution >= 4 is 5.91 Å². The Balaban J connectivity index is 3.87. The van der Waals surface area contributed by atoms with Crippen molar-refractivity contribution in [2.45, 2.75) is 65.6 Å². The fraction of sp³-hybridized carbons (Fsp3) is 0.929. The van der Waals surface area contributed by atoms with Gasteiger partial charge in [0.1, 0.15) is 0 Å². The summed E-state index contributed by atoms with van der Waals surface area (Å²) in [5.41, 5.74) is 0. The van der Waals surface area contributed by atoms with Gasteiger partial charge in [-0.2, -0.15) is 0 Å². The van der Waals surface area contributed by atoms with Gasteiger partial charge in [-0.25, -0.2) is 0 Å². The molecule has 0 heterocycles. The van der Waals surface area contributed by atoms with Crippen LogP contribution < -0.4 is 10.6 Å².